The Labute approximate surface area is 82.1 Å². The van der Waals surface area contributed by atoms with Crippen LogP contribution in [0.3, 0.4) is 0 Å². The van der Waals surface area contributed by atoms with Crippen molar-refractivity contribution in [1.82, 2.24) is 10.2 Å². The van der Waals surface area contributed by atoms with E-state index in [9.17, 15) is 0 Å². The van der Waals surface area contributed by atoms with Crippen molar-refractivity contribution in [2.24, 2.45) is 0 Å². The molecule has 3 nitrogen and oxygen atoms in total. The number of nitrogens with one attached hydrogen (secondary N) is 1. The fourth-order valence-electron chi connectivity index (χ4n) is 1.57. The number of aromatic amines is 1. The van der Waals surface area contributed by atoms with Gasteiger partial charge in [0.15, 0.2) is 0 Å². The van der Waals surface area contributed by atoms with Crippen LogP contribution in [-0.4, -0.2) is 16.3 Å². The molecule has 0 bridgehead atoms. The normalized spacial score (nSPS) is 16.1. The van der Waals surface area contributed by atoms with Gasteiger partial charge in [-0.3, -0.25) is 5.10 Å². The first-order chi connectivity index (χ1) is 6.83. The van der Waals surface area contributed by atoms with Crippen LogP contribution in [-0.2, 0) is 0 Å². The fraction of sp³-hybridized carbons (Fsp3) is 0.364. The lowest BCUT2D eigenvalue weighted by molar-refractivity contribution is 0.303. The maximum absolute atomic E-state index is 5.72. The summed E-state index contributed by atoms with van der Waals surface area (Å²) in [6.07, 6.45) is 2.85. The summed E-state index contributed by atoms with van der Waals surface area (Å²) in [5.41, 5.74) is 2.10. The van der Waals surface area contributed by atoms with Gasteiger partial charge in [0.05, 0.1) is 11.6 Å². The summed E-state index contributed by atoms with van der Waals surface area (Å²) in [4.78, 5) is 0. The monoisotopic (exact) mass is 188 g/mol. The minimum absolute atomic E-state index is 0.458. The molecule has 1 aromatic carbocycles. The van der Waals surface area contributed by atoms with Crippen LogP contribution in [0.15, 0.2) is 18.2 Å². The molecule has 3 heteroatoms. The molecule has 0 aliphatic heterocycles. The van der Waals surface area contributed by atoms with Gasteiger partial charge in [-0.05, 0) is 38.0 Å². The molecule has 0 spiro atoms. The van der Waals surface area contributed by atoms with E-state index in [0.29, 0.717) is 6.10 Å². The molecule has 0 atom stereocenters. The molecule has 1 saturated carbocycles. The maximum atomic E-state index is 5.72. The number of hydrogen-bond acceptors (Lipinski definition) is 2. The SMILES string of the molecule is Cc1[nH]nc2ccc(OC3CC3)cc12. The number of H-pyrrole nitrogens is 1. The highest BCUT2D eigenvalue weighted by Gasteiger charge is 2.23. The number of aromatic nitrogens is 2. The van der Waals surface area contributed by atoms with Crippen LogP contribution >= 0.6 is 0 Å². The Bertz CT molecular complexity index is 471. The number of hydrogen-bond donors (Lipinski definition) is 1. The van der Waals surface area contributed by atoms with Gasteiger partial charge in [0, 0.05) is 11.1 Å². The summed E-state index contributed by atoms with van der Waals surface area (Å²) < 4.78 is 5.72. The number of aryl methyl sites for hydroxylation is 1. The molecule has 0 radical (unpaired) electrons. The molecular formula is C11H12N2O. The average Bonchev–Trinajstić information content (AvgIpc) is 2.92. The first-order valence-corrected chi connectivity index (χ1v) is 4.94. The van der Waals surface area contributed by atoms with Crippen LogP contribution in [0.4, 0.5) is 0 Å². The van der Waals surface area contributed by atoms with Gasteiger partial charge in [-0.15, -0.1) is 0 Å². The van der Waals surface area contributed by atoms with E-state index in [2.05, 4.69) is 16.3 Å². The molecule has 1 heterocycles. The third-order valence-electron chi connectivity index (χ3n) is 2.54. The number of ether oxygens (including phenoxy) is 1. The highest BCUT2D eigenvalue weighted by molar-refractivity contribution is 5.82. The molecule has 0 amide bonds. The highest BCUT2D eigenvalue weighted by atomic mass is 16.5. The van der Waals surface area contributed by atoms with Gasteiger partial charge >= 0.3 is 0 Å². The molecule has 72 valence electrons. The zero-order valence-corrected chi connectivity index (χ0v) is 8.08. The molecular weight excluding hydrogens is 176 g/mol. The average molecular weight is 188 g/mol. The number of nitrogens with zero attached hydrogens (tertiary/aromatic N) is 1. The van der Waals surface area contributed by atoms with E-state index >= 15 is 0 Å². The van der Waals surface area contributed by atoms with E-state index in [0.717, 1.165) is 22.3 Å². The molecule has 1 fully saturated rings. The molecule has 0 saturated heterocycles. The van der Waals surface area contributed by atoms with Crippen LogP contribution in [0.1, 0.15) is 18.5 Å². The molecule has 3 rings (SSSR count). The van der Waals surface area contributed by atoms with Gasteiger partial charge in [-0.1, -0.05) is 0 Å². The van der Waals surface area contributed by atoms with Crippen LogP contribution in [0.2, 0.25) is 0 Å². The predicted octanol–water partition coefficient (Wildman–Crippen LogP) is 2.41. The maximum Gasteiger partial charge on any atom is 0.120 e. The van der Waals surface area contributed by atoms with E-state index in [1.54, 1.807) is 0 Å². The smallest absolute Gasteiger partial charge is 0.120 e. The van der Waals surface area contributed by atoms with Crippen molar-refractivity contribution in [2.45, 2.75) is 25.9 Å². The van der Waals surface area contributed by atoms with Crippen molar-refractivity contribution in [1.29, 1.82) is 0 Å². The van der Waals surface area contributed by atoms with Gasteiger partial charge in [0.2, 0.25) is 0 Å². The molecule has 14 heavy (non-hydrogen) atoms. The summed E-state index contributed by atoms with van der Waals surface area (Å²) in [6.45, 7) is 2.02. The second-order valence-corrected chi connectivity index (χ2v) is 3.84. The van der Waals surface area contributed by atoms with E-state index in [1.807, 2.05) is 19.1 Å². The predicted molar refractivity (Wildman–Crippen MR) is 54.5 cm³/mol. The van der Waals surface area contributed by atoms with Crippen molar-refractivity contribution in [2.75, 3.05) is 0 Å². The van der Waals surface area contributed by atoms with E-state index in [-0.39, 0.29) is 0 Å². The summed E-state index contributed by atoms with van der Waals surface area (Å²) in [7, 11) is 0. The second kappa shape index (κ2) is 2.74. The van der Waals surface area contributed by atoms with Gasteiger partial charge < -0.3 is 4.74 Å². The fourth-order valence-corrected chi connectivity index (χ4v) is 1.57. The van der Waals surface area contributed by atoms with Crippen molar-refractivity contribution >= 4 is 10.9 Å². The zero-order chi connectivity index (χ0) is 9.54. The van der Waals surface area contributed by atoms with Crippen molar-refractivity contribution in [3.8, 4) is 5.75 Å². The van der Waals surface area contributed by atoms with Gasteiger partial charge in [-0.2, -0.15) is 5.10 Å². The lowest BCUT2D eigenvalue weighted by Gasteiger charge is -2.03. The standard InChI is InChI=1S/C11H12N2O/c1-7-10-6-9(14-8-2-3-8)4-5-11(10)13-12-7/h4-6,8H,2-3H2,1H3,(H,12,13). The molecule has 0 unspecified atom stereocenters. The van der Waals surface area contributed by atoms with E-state index in [1.165, 1.54) is 12.8 Å². The molecule has 1 N–H and O–H groups in total. The van der Waals surface area contributed by atoms with Crippen LogP contribution < -0.4 is 4.74 Å². The summed E-state index contributed by atoms with van der Waals surface area (Å²) in [6, 6.07) is 6.05. The lowest BCUT2D eigenvalue weighted by Crippen LogP contribution is -1.95. The number of fused-ring (bicyclic) bond motifs is 1. The molecule has 1 aliphatic rings. The quantitative estimate of drug-likeness (QED) is 0.785. The minimum Gasteiger partial charge on any atom is -0.490 e. The first-order valence-electron chi connectivity index (χ1n) is 4.94. The third kappa shape index (κ3) is 1.25. The highest BCUT2D eigenvalue weighted by Crippen LogP contribution is 2.29. The topological polar surface area (TPSA) is 37.9 Å². The van der Waals surface area contributed by atoms with Gasteiger partial charge in [0.25, 0.3) is 0 Å². The first kappa shape index (κ1) is 7.85. The summed E-state index contributed by atoms with van der Waals surface area (Å²) in [5.74, 6) is 0.963. The van der Waals surface area contributed by atoms with Crippen LogP contribution in [0.25, 0.3) is 10.9 Å². The number of rotatable bonds is 2. The molecule has 1 aliphatic carbocycles. The Hall–Kier alpha value is -1.51. The zero-order valence-electron chi connectivity index (χ0n) is 8.08. The lowest BCUT2D eigenvalue weighted by atomic mass is 10.2. The van der Waals surface area contributed by atoms with Crippen molar-refractivity contribution in [3.63, 3.8) is 0 Å². The molecule has 1 aromatic heterocycles. The Morgan fingerprint density at radius 2 is 2.29 bits per heavy atom. The van der Waals surface area contributed by atoms with Crippen molar-refractivity contribution in [3.05, 3.63) is 23.9 Å². The van der Waals surface area contributed by atoms with E-state index < -0.39 is 0 Å². The summed E-state index contributed by atoms with van der Waals surface area (Å²) >= 11 is 0. The Morgan fingerprint density at radius 1 is 1.43 bits per heavy atom. The van der Waals surface area contributed by atoms with Crippen LogP contribution in [0.5, 0.6) is 5.75 Å². The van der Waals surface area contributed by atoms with Crippen molar-refractivity contribution < 1.29 is 4.74 Å². The number of benzene rings is 1. The van der Waals surface area contributed by atoms with Crippen LogP contribution in [0, 0.1) is 6.92 Å². The molecule has 2 aromatic rings. The Kier molecular flexibility index (Phi) is 1.54. The Morgan fingerprint density at radius 3 is 3.07 bits per heavy atom. The largest absolute Gasteiger partial charge is 0.490 e. The van der Waals surface area contributed by atoms with Gasteiger partial charge in [-0.25, -0.2) is 0 Å². The minimum atomic E-state index is 0.458. The van der Waals surface area contributed by atoms with Gasteiger partial charge in [0.1, 0.15) is 5.75 Å². The summed E-state index contributed by atoms with van der Waals surface area (Å²) in [5, 5.41) is 8.30. The third-order valence-corrected chi connectivity index (χ3v) is 2.54. The van der Waals surface area contributed by atoms with E-state index in [4.69, 9.17) is 4.74 Å². The second-order valence-electron chi connectivity index (χ2n) is 3.84. The Balaban J connectivity index is 2.03.